The maximum atomic E-state index is 12.2. The smallest absolute Gasteiger partial charge is 0.253 e. The number of aliphatic hydroxyl groups is 1. The molecule has 4 nitrogen and oxygen atoms in total. The van der Waals surface area contributed by atoms with Crippen LogP contribution >= 0.6 is 15.9 Å². The number of aliphatic hydroxyl groups excluding tert-OH is 1. The fourth-order valence-electron chi connectivity index (χ4n) is 2.48. The van der Waals surface area contributed by atoms with E-state index < -0.39 is 6.10 Å². The molecule has 5 heteroatoms. The predicted molar refractivity (Wildman–Crippen MR) is 78.3 cm³/mol. The molecule has 0 aliphatic heterocycles. The molecule has 1 aliphatic rings. The molecule has 0 saturated carbocycles. The Kier molecular flexibility index (Phi) is 3.54. The summed E-state index contributed by atoms with van der Waals surface area (Å²) in [4.78, 5) is 16.2. The lowest BCUT2D eigenvalue weighted by molar-refractivity contribution is 0.0858. The molecule has 0 bridgehead atoms. The third kappa shape index (κ3) is 2.46. The summed E-state index contributed by atoms with van der Waals surface area (Å²) in [7, 11) is 0. The minimum Gasteiger partial charge on any atom is -0.390 e. The fraction of sp³-hybridized carbons (Fsp3) is 0.200. The minimum atomic E-state index is -0.584. The Balaban J connectivity index is 1.81. The molecule has 1 aliphatic carbocycles. The van der Waals surface area contributed by atoms with Gasteiger partial charge in [0, 0.05) is 12.6 Å². The van der Waals surface area contributed by atoms with Crippen molar-refractivity contribution in [1.82, 2.24) is 10.3 Å². The molecule has 2 N–H and O–H groups in total. The lowest BCUT2D eigenvalue weighted by Crippen LogP contribution is -2.33. The van der Waals surface area contributed by atoms with Gasteiger partial charge in [0.15, 0.2) is 0 Å². The molecule has 0 radical (unpaired) electrons. The SMILES string of the molecule is O=C(N[C@@H]1c2ccccc2C[C@@H]1O)c1ccc(Br)nc1. The van der Waals surface area contributed by atoms with Crippen LogP contribution in [-0.2, 0) is 6.42 Å². The second-order valence-electron chi connectivity index (χ2n) is 4.79. The first-order chi connectivity index (χ1) is 9.65. The third-order valence-electron chi connectivity index (χ3n) is 3.48. The summed E-state index contributed by atoms with van der Waals surface area (Å²) in [6.07, 6.45) is 1.49. The number of aromatic nitrogens is 1. The van der Waals surface area contributed by atoms with Gasteiger partial charge in [-0.05, 0) is 39.2 Å². The first kappa shape index (κ1) is 13.3. The van der Waals surface area contributed by atoms with Crippen molar-refractivity contribution in [2.75, 3.05) is 0 Å². The van der Waals surface area contributed by atoms with Crippen LogP contribution in [-0.4, -0.2) is 22.1 Å². The lowest BCUT2D eigenvalue weighted by atomic mass is 10.1. The van der Waals surface area contributed by atoms with E-state index >= 15 is 0 Å². The maximum Gasteiger partial charge on any atom is 0.253 e. The van der Waals surface area contributed by atoms with E-state index in [1.807, 2.05) is 24.3 Å². The van der Waals surface area contributed by atoms with Crippen LogP contribution in [0.1, 0.15) is 27.5 Å². The van der Waals surface area contributed by atoms with Gasteiger partial charge in [0.1, 0.15) is 4.60 Å². The maximum absolute atomic E-state index is 12.2. The number of fused-ring (bicyclic) bond motifs is 1. The molecule has 2 aromatic rings. The molecule has 0 unspecified atom stereocenters. The van der Waals surface area contributed by atoms with Gasteiger partial charge >= 0.3 is 0 Å². The summed E-state index contributed by atoms with van der Waals surface area (Å²) in [5.41, 5.74) is 2.54. The number of hydrogen-bond donors (Lipinski definition) is 2. The molecule has 1 amide bonds. The summed E-state index contributed by atoms with van der Waals surface area (Å²) in [5, 5.41) is 13.0. The first-order valence-electron chi connectivity index (χ1n) is 6.33. The van der Waals surface area contributed by atoms with E-state index in [9.17, 15) is 9.90 Å². The van der Waals surface area contributed by atoms with Crippen molar-refractivity contribution in [3.63, 3.8) is 0 Å². The molecule has 0 saturated heterocycles. The predicted octanol–water partition coefficient (Wildman–Crippen LogP) is 2.23. The Morgan fingerprint density at radius 1 is 1.30 bits per heavy atom. The van der Waals surface area contributed by atoms with E-state index in [1.54, 1.807) is 12.1 Å². The van der Waals surface area contributed by atoms with Gasteiger partial charge in [-0.15, -0.1) is 0 Å². The van der Waals surface area contributed by atoms with E-state index in [0.29, 0.717) is 16.6 Å². The average Bonchev–Trinajstić information content (AvgIpc) is 2.76. The number of carbonyl (C=O) groups is 1. The number of benzene rings is 1. The van der Waals surface area contributed by atoms with Crippen molar-refractivity contribution in [3.8, 4) is 0 Å². The van der Waals surface area contributed by atoms with E-state index in [4.69, 9.17) is 0 Å². The van der Waals surface area contributed by atoms with Crippen molar-refractivity contribution in [2.45, 2.75) is 18.6 Å². The van der Waals surface area contributed by atoms with Gasteiger partial charge in [-0.3, -0.25) is 4.79 Å². The molecule has 0 spiro atoms. The number of amides is 1. The highest BCUT2D eigenvalue weighted by Gasteiger charge is 2.31. The van der Waals surface area contributed by atoms with E-state index in [2.05, 4.69) is 26.2 Å². The zero-order chi connectivity index (χ0) is 14.1. The standard InChI is InChI=1S/C15H13BrN2O2/c16-13-6-5-10(8-17-13)15(20)18-14-11-4-2-1-3-9(11)7-12(14)19/h1-6,8,12,14,19H,7H2,(H,18,20)/t12-,14+/m0/s1. The van der Waals surface area contributed by atoms with Crippen LogP contribution in [0.3, 0.4) is 0 Å². The van der Waals surface area contributed by atoms with E-state index in [-0.39, 0.29) is 11.9 Å². The number of rotatable bonds is 2. The Bertz CT molecular complexity index is 643. The number of nitrogens with one attached hydrogen (secondary N) is 1. The normalized spacial score (nSPS) is 20.5. The zero-order valence-electron chi connectivity index (χ0n) is 10.6. The quantitative estimate of drug-likeness (QED) is 0.829. The van der Waals surface area contributed by atoms with Gasteiger partial charge < -0.3 is 10.4 Å². The molecule has 2 atom stereocenters. The second kappa shape index (κ2) is 5.34. The molecule has 1 aromatic heterocycles. The third-order valence-corrected chi connectivity index (χ3v) is 3.95. The number of carbonyl (C=O) groups excluding carboxylic acids is 1. The van der Waals surface area contributed by atoms with Crippen molar-refractivity contribution in [1.29, 1.82) is 0 Å². The summed E-state index contributed by atoms with van der Waals surface area (Å²) < 4.78 is 0.681. The van der Waals surface area contributed by atoms with Crippen molar-refractivity contribution >= 4 is 21.8 Å². The summed E-state index contributed by atoms with van der Waals surface area (Å²) >= 11 is 3.23. The number of halogens is 1. The average molecular weight is 333 g/mol. The van der Waals surface area contributed by atoms with E-state index in [0.717, 1.165) is 11.1 Å². The highest BCUT2D eigenvalue weighted by Crippen LogP contribution is 2.31. The molecule has 102 valence electrons. The summed E-state index contributed by atoms with van der Waals surface area (Å²) in [6, 6.07) is 10.8. The van der Waals surface area contributed by atoms with Gasteiger partial charge in [0.05, 0.1) is 17.7 Å². The van der Waals surface area contributed by atoms with Gasteiger partial charge in [-0.2, -0.15) is 0 Å². The molecule has 3 rings (SSSR count). The molecule has 1 heterocycles. The second-order valence-corrected chi connectivity index (χ2v) is 5.60. The van der Waals surface area contributed by atoms with Gasteiger partial charge in [-0.1, -0.05) is 24.3 Å². The number of hydrogen-bond acceptors (Lipinski definition) is 3. The molecule has 0 fully saturated rings. The zero-order valence-corrected chi connectivity index (χ0v) is 12.2. The minimum absolute atomic E-state index is 0.231. The van der Waals surface area contributed by atoms with Crippen LogP contribution in [0.15, 0.2) is 47.2 Å². The van der Waals surface area contributed by atoms with Crippen LogP contribution in [0.25, 0.3) is 0 Å². The highest BCUT2D eigenvalue weighted by molar-refractivity contribution is 9.10. The summed E-state index contributed by atoms with van der Waals surface area (Å²) in [6.45, 7) is 0. The van der Waals surface area contributed by atoms with Crippen molar-refractivity contribution in [2.24, 2.45) is 0 Å². The Hall–Kier alpha value is -1.72. The fourth-order valence-corrected chi connectivity index (χ4v) is 2.72. The van der Waals surface area contributed by atoms with Crippen LogP contribution in [0, 0.1) is 0 Å². The Morgan fingerprint density at radius 2 is 2.10 bits per heavy atom. The molecule has 20 heavy (non-hydrogen) atoms. The van der Waals surface area contributed by atoms with Crippen LogP contribution in [0.2, 0.25) is 0 Å². The molecular weight excluding hydrogens is 320 g/mol. The molecule has 1 aromatic carbocycles. The van der Waals surface area contributed by atoms with E-state index in [1.165, 1.54) is 6.20 Å². The highest BCUT2D eigenvalue weighted by atomic mass is 79.9. The lowest BCUT2D eigenvalue weighted by Gasteiger charge is -2.17. The Morgan fingerprint density at radius 3 is 2.85 bits per heavy atom. The van der Waals surface area contributed by atoms with Crippen molar-refractivity contribution in [3.05, 3.63) is 63.9 Å². The molecular formula is C15H13BrN2O2. The van der Waals surface area contributed by atoms with Gasteiger partial charge in [0.2, 0.25) is 0 Å². The van der Waals surface area contributed by atoms with Crippen LogP contribution < -0.4 is 5.32 Å². The summed E-state index contributed by atoms with van der Waals surface area (Å²) in [5.74, 6) is -0.231. The topological polar surface area (TPSA) is 62.2 Å². The first-order valence-corrected chi connectivity index (χ1v) is 7.13. The Labute approximate surface area is 125 Å². The monoisotopic (exact) mass is 332 g/mol. The van der Waals surface area contributed by atoms with Crippen molar-refractivity contribution < 1.29 is 9.90 Å². The van der Waals surface area contributed by atoms with Crippen LogP contribution in [0.5, 0.6) is 0 Å². The van der Waals surface area contributed by atoms with Gasteiger partial charge in [-0.25, -0.2) is 4.98 Å². The largest absolute Gasteiger partial charge is 0.390 e. The number of pyridine rings is 1. The number of nitrogens with zero attached hydrogens (tertiary/aromatic N) is 1. The van der Waals surface area contributed by atoms with Crippen LogP contribution in [0.4, 0.5) is 0 Å². The van der Waals surface area contributed by atoms with Gasteiger partial charge in [0.25, 0.3) is 5.91 Å².